The lowest BCUT2D eigenvalue weighted by Crippen LogP contribution is -2.42. The number of aromatic nitrogens is 1. The molecule has 62 heavy (non-hydrogen) atoms. The molecule has 5 heteroatoms. The largest absolute Gasteiger partial charge is 0.456 e. The van der Waals surface area contributed by atoms with Gasteiger partial charge in [-0.25, -0.2) is 9.98 Å². The molecule has 0 spiro atoms. The van der Waals surface area contributed by atoms with Gasteiger partial charge < -0.3 is 9.73 Å². The highest BCUT2D eigenvalue weighted by atomic mass is 16.3. The Morgan fingerprint density at radius 2 is 1.40 bits per heavy atom. The van der Waals surface area contributed by atoms with E-state index in [1.165, 1.54) is 44.2 Å². The standard InChI is InChI=1S/C57H42N4O/c1-3-16-36(17-4-1)38-20-13-21-39(34-38)55-58-54(37-18-5-2-6-19-37)59-56(60-55)61-50-30-11-8-23-43(50)46-35-40(32-33-51(46)61)57(47-27-10-7-22-41(47)42-25-14-28-48(42)57)49-29-15-26-45-44-24-9-12-31-52(44)62-53(45)49/h1-27,29-33,35,39,41,47,55H,28,34H2,(H,58,59,60). The lowest BCUT2D eigenvalue weighted by molar-refractivity contribution is 0.417. The van der Waals surface area contributed by atoms with Crippen LogP contribution in [-0.2, 0) is 5.41 Å². The van der Waals surface area contributed by atoms with Crippen LogP contribution < -0.4 is 5.32 Å². The molecule has 5 unspecified atom stereocenters. The van der Waals surface area contributed by atoms with Gasteiger partial charge in [0.05, 0.1) is 16.4 Å². The maximum atomic E-state index is 6.92. The van der Waals surface area contributed by atoms with E-state index >= 15 is 0 Å². The SMILES string of the molecule is C1=CC(C2N=C(c3ccccc3)NC(n3c4ccccc4c4cc(C5(c6cccc7c6oc6ccccc67)C6=C(C=CC6)C6C=CC=CC65)ccc43)=N2)CC(c2ccccc2)=C1. The van der Waals surface area contributed by atoms with Gasteiger partial charge in [-0.2, -0.15) is 0 Å². The van der Waals surface area contributed by atoms with Crippen LogP contribution in [0.25, 0.3) is 49.3 Å². The van der Waals surface area contributed by atoms with Crippen LogP contribution in [0.2, 0.25) is 0 Å². The highest BCUT2D eigenvalue weighted by molar-refractivity contribution is 6.18. The Bertz CT molecular complexity index is 3410. The van der Waals surface area contributed by atoms with E-state index in [1.54, 1.807) is 0 Å². The molecule has 1 aliphatic heterocycles. The maximum Gasteiger partial charge on any atom is 0.211 e. The fourth-order valence-electron chi connectivity index (χ4n) is 11.4. The van der Waals surface area contributed by atoms with Crippen molar-refractivity contribution in [3.05, 3.63) is 234 Å². The van der Waals surface area contributed by atoms with Gasteiger partial charge in [0.25, 0.3) is 0 Å². The summed E-state index contributed by atoms with van der Waals surface area (Å²) in [6, 6.07) is 52.4. The first-order valence-corrected chi connectivity index (χ1v) is 21.8. The van der Waals surface area contributed by atoms with Crippen molar-refractivity contribution in [2.45, 2.75) is 24.4 Å². The number of benzene rings is 6. The summed E-state index contributed by atoms with van der Waals surface area (Å²) in [6.45, 7) is 0. The highest BCUT2D eigenvalue weighted by Gasteiger charge is 2.55. The number of fused-ring (bicyclic) bond motifs is 8. The predicted molar refractivity (Wildman–Crippen MR) is 254 cm³/mol. The first kappa shape index (κ1) is 35.3. The topological polar surface area (TPSA) is 54.8 Å². The maximum absolute atomic E-state index is 6.92. The van der Waals surface area contributed by atoms with Crippen LogP contribution in [0, 0.1) is 17.8 Å². The van der Waals surface area contributed by atoms with Gasteiger partial charge >= 0.3 is 0 Å². The molecule has 0 saturated carbocycles. The molecule has 0 bridgehead atoms. The second-order valence-electron chi connectivity index (χ2n) is 17.2. The molecule has 1 N–H and O–H groups in total. The van der Waals surface area contributed by atoms with Crippen molar-refractivity contribution in [3.63, 3.8) is 0 Å². The number of aliphatic imine (C=N–C) groups is 2. The minimum atomic E-state index is -0.467. The minimum absolute atomic E-state index is 0.0851. The van der Waals surface area contributed by atoms with E-state index in [9.17, 15) is 0 Å². The molecule has 5 nitrogen and oxygen atoms in total. The lowest BCUT2D eigenvalue weighted by atomic mass is 9.61. The van der Waals surface area contributed by atoms with E-state index in [-0.39, 0.29) is 23.9 Å². The quantitative estimate of drug-likeness (QED) is 0.189. The van der Waals surface area contributed by atoms with Gasteiger partial charge in [-0.3, -0.25) is 4.57 Å². The van der Waals surface area contributed by atoms with E-state index in [0.717, 1.165) is 63.2 Å². The second-order valence-corrected chi connectivity index (χ2v) is 17.2. The number of rotatable bonds is 5. The van der Waals surface area contributed by atoms with E-state index in [1.807, 2.05) is 0 Å². The molecule has 0 radical (unpaired) electrons. The molecule has 4 aliphatic carbocycles. The van der Waals surface area contributed by atoms with Gasteiger partial charge in [-0.15, -0.1) is 0 Å². The van der Waals surface area contributed by atoms with E-state index in [2.05, 4.69) is 210 Å². The predicted octanol–water partition coefficient (Wildman–Crippen LogP) is 12.8. The molecule has 5 atom stereocenters. The number of amidine groups is 1. The third-order valence-corrected chi connectivity index (χ3v) is 14.0. The molecule has 0 fully saturated rings. The number of nitrogens with zero attached hydrogens (tertiary/aromatic N) is 3. The Balaban J connectivity index is 1.01. The minimum Gasteiger partial charge on any atom is -0.456 e. The number of hydrogen-bond donors (Lipinski definition) is 1. The van der Waals surface area contributed by atoms with Crippen molar-refractivity contribution < 1.29 is 4.42 Å². The van der Waals surface area contributed by atoms with Gasteiger partial charge in [0.1, 0.15) is 17.0 Å². The fraction of sp³-hybridized carbons (Fsp3) is 0.123. The van der Waals surface area contributed by atoms with Gasteiger partial charge in [0.2, 0.25) is 5.96 Å². The Hall–Kier alpha value is -7.50. The van der Waals surface area contributed by atoms with Crippen LogP contribution in [0.1, 0.15) is 35.1 Å². The third kappa shape index (κ3) is 5.15. The Morgan fingerprint density at radius 1 is 0.645 bits per heavy atom. The van der Waals surface area contributed by atoms with Crippen LogP contribution in [-0.4, -0.2) is 22.5 Å². The summed E-state index contributed by atoms with van der Waals surface area (Å²) in [6.07, 6.45) is 22.2. The van der Waals surface area contributed by atoms with Gasteiger partial charge in [0, 0.05) is 50.4 Å². The van der Waals surface area contributed by atoms with Crippen molar-refractivity contribution >= 4 is 61.1 Å². The summed E-state index contributed by atoms with van der Waals surface area (Å²) >= 11 is 0. The van der Waals surface area contributed by atoms with E-state index in [0.29, 0.717) is 0 Å². The average molecular weight is 799 g/mol. The first-order valence-electron chi connectivity index (χ1n) is 21.8. The van der Waals surface area contributed by atoms with Crippen LogP contribution in [0.15, 0.2) is 226 Å². The summed E-state index contributed by atoms with van der Waals surface area (Å²) in [4.78, 5) is 10.9. The second kappa shape index (κ2) is 13.8. The monoisotopic (exact) mass is 798 g/mol. The third-order valence-electron chi connectivity index (χ3n) is 14.0. The summed E-state index contributed by atoms with van der Waals surface area (Å²) in [5.41, 5.74) is 12.6. The molecular formula is C57H42N4O. The number of para-hydroxylation sites is 3. The van der Waals surface area contributed by atoms with Crippen molar-refractivity contribution in [2.24, 2.45) is 27.7 Å². The van der Waals surface area contributed by atoms with Crippen molar-refractivity contribution in [3.8, 4) is 0 Å². The number of furan rings is 1. The summed E-state index contributed by atoms with van der Waals surface area (Å²) in [5, 5.41) is 8.44. The first-order chi connectivity index (χ1) is 30.7. The average Bonchev–Trinajstić information content (AvgIpc) is 4.12. The van der Waals surface area contributed by atoms with Crippen molar-refractivity contribution in [2.75, 3.05) is 0 Å². The molecule has 0 saturated heterocycles. The Morgan fingerprint density at radius 3 is 2.29 bits per heavy atom. The fourth-order valence-corrected chi connectivity index (χ4v) is 11.4. The number of hydrogen-bond acceptors (Lipinski definition) is 4. The van der Waals surface area contributed by atoms with Gasteiger partial charge in [0.15, 0.2) is 6.17 Å². The molecule has 2 aromatic heterocycles. The molecule has 13 rings (SSSR count). The number of allylic oxidation sites excluding steroid dienone is 11. The zero-order valence-electron chi connectivity index (χ0n) is 34.0. The molecule has 3 heterocycles. The summed E-state index contributed by atoms with van der Waals surface area (Å²) < 4.78 is 9.25. The van der Waals surface area contributed by atoms with Crippen LogP contribution >= 0.6 is 0 Å². The molecule has 5 aliphatic rings. The molecule has 8 aromatic rings. The van der Waals surface area contributed by atoms with E-state index in [4.69, 9.17) is 14.4 Å². The molecule has 0 amide bonds. The summed E-state index contributed by atoms with van der Waals surface area (Å²) in [5.74, 6) is 2.14. The molecule has 296 valence electrons. The normalized spacial score (nSPS) is 23.8. The van der Waals surface area contributed by atoms with Gasteiger partial charge in [-0.1, -0.05) is 176 Å². The lowest BCUT2D eigenvalue weighted by Gasteiger charge is -2.40. The Labute approximate surface area is 359 Å². The van der Waals surface area contributed by atoms with Crippen LogP contribution in [0.5, 0.6) is 0 Å². The molecular weight excluding hydrogens is 757 g/mol. The number of nitrogens with one attached hydrogen (secondary N) is 1. The zero-order chi connectivity index (χ0) is 40.8. The van der Waals surface area contributed by atoms with E-state index < -0.39 is 5.41 Å². The zero-order valence-corrected chi connectivity index (χ0v) is 34.0. The van der Waals surface area contributed by atoms with Gasteiger partial charge in [-0.05, 0) is 65.0 Å². The summed E-state index contributed by atoms with van der Waals surface area (Å²) in [7, 11) is 0. The van der Waals surface area contributed by atoms with Crippen LogP contribution in [0.4, 0.5) is 0 Å². The molecule has 6 aromatic carbocycles. The smallest absolute Gasteiger partial charge is 0.211 e. The van der Waals surface area contributed by atoms with Crippen LogP contribution in [0.3, 0.4) is 0 Å². The van der Waals surface area contributed by atoms with Crippen molar-refractivity contribution in [1.29, 1.82) is 0 Å². The van der Waals surface area contributed by atoms with Crippen molar-refractivity contribution in [1.82, 2.24) is 9.88 Å². The Kier molecular flexibility index (Phi) is 7.83. The highest BCUT2D eigenvalue weighted by Crippen LogP contribution is 2.62.